The summed E-state index contributed by atoms with van der Waals surface area (Å²) in [7, 11) is 1.75. The third-order valence-electron chi connectivity index (χ3n) is 3.43. The number of hydrogen-bond acceptors (Lipinski definition) is 2. The van der Waals surface area contributed by atoms with Crippen LogP contribution in [0.2, 0.25) is 0 Å². The average molecular weight is 298 g/mol. The highest BCUT2D eigenvalue weighted by Crippen LogP contribution is 2.12. The van der Waals surface area contributed by atoms with E-state index in [0.29, 0.717) is 13.2 Å². The summed E-state index contributed by atoms with van der Waals surface area (Å²) in [6.07, 6.45) is 1.02. The molecule has 1 N–H and O–H groups in total. The molecular weight excluding hydrogens is 276 g/mol. The van der Waals surface area contributed by atoms with E-state index < -0.39 is 0 Å². The zero-order valence-electron chi connectivity index (χ0n) is 13.1. The van der Waals surface area contributed by atoms with E-state index in [9.17, 15) is 4.79 Å². The molecule has 2 amide bonds. The van der Waals surface area contributed by atoms with Crippen LogP contribution in [0.3, 0.4) is 0 Å². The van der Waals surface area contributed by atoms with E-state index in [0.717, 1.165) is 17.9 Å². The molecule has 0 radical (unpaired) electrons. The Hall–Kier alpha value is -2.49. The fraction of sp³-hybridized carbons (Fsp3) is 0.278. The highest BCUT2D eigenvalue weighted by atomic mass is 16.5. The summed E-state index contributed by atoms with van der Waals surface area (Å²) in [6, 6.07) is 17.4. The van der Waals surface area contributed by atoms with E-state index in [2.05, 4.69) is 24.4 Å². The summed E-state index contributed by atoms with van der Waals surface area (Å²) in [4.78, 5) is 13.6. The molecule has 2 aromatic rings. The van der Waals surface area contributed by atoms with E-state index in [1.165, 1.54) is 5.56 Å². The lowest BCUT2D eigenvalue weighted by molar-refractivity contribution is 0.243. The van der Waals surface area contributed by atoms with Crippen LogP contribution in [0.15, 0.2) is 54.6 Å². The fourth-order valence-corrected chi connectivity index (χ4v) is 2.04. The lowest BCUT2D eigenvalue weighted by Crippen LogP contribution is -2.39. The van der Waals surface area contributed by atoms with Crippen LogP contribution in [0.5, 0.6) is 5.75 Å². The van der Waals surface area contributed by atoms with Crippen molar-refractivity contribution in [3.05, 3.63) is 60.2 Å². The predicted octanol–water partition coefficient (Wildman–Crippen LogP) is 3.47. The number of ether oxygens (including phenoxy) is 1. The molecule has 0 saturated heterocycles. The molecule has 0 aliphatic rings. The van der Waals surface area contributed by atoms with E-state index in [1.54, 1.807) is 11.9 Å². The summed E-state index contributed by atoms with van der Waals surface area (Å²) in [5.41, 5.74) is 2.14. The Morgan fingerprint density at radius 1 is 1.09 bits per heavy atom. The normalized spacial score (nSPS) is 10.1. The minimum atomic E-state index is -0.142. The number of nitrogens with one attached hydrogen (secondary N) is 1. The van der Waals surface area contributed by atoms with Gasteiger partial charge in [-0.15, -0.1) is 0 Å². The number of amides is 2. The van der Waals surface area contributed by atoms with Crippen LogP contribution in [0, 0.1) is 0 Å². The standard InChI is InChI=1S/C18H22N2O2/c1-3-15-9-11-17(12-10-15)22-14-13-19-18(21)20(2)16-7-5-4-6-8-16/h4-12H,3,13-14H2,1-2H3,(H,19,21). The number of hydrogen-bond donors (Lipinski definition) is 1. The summed E-state index contributed by atoms with van der Waals surface area (Å²) in [5.74, 6) is 0.822. The molecule has 22 heavy (non-hydrogen) atoms. The third kappa shape index (κ3) is 4.52. The van der Waals surface area contributed by atoms with E-state index in [4.69, 9.17) is 4.74 Å². The molecule has 0 spiro atoms. The molecule has 0 unspecified atom stereocenters. The molecule has 2 aromatic carbocycles. The Bertz CT molecular complexity index is 582. The number of aryl methyl sites for hydroxylation is 1. The van der Waals surface area contributed by atoms with Crippen molar-refractivity contribution < 1.29 is 9.53 Å². The molecule has 0 atom stereocenters. The van der Waals surface area contributed by atoms with Gasteiger partial charge in [-0.3, -0.25) is 4.90 Å². The minimum absolute atomic E-state index is 0.142. The maximum absolute atomic E-state index is 12.0. The second-order valence-corrected chi connectivity index (χ2v) is 4.97. The lowest BCUT2D eigenvalue weighted by Gasteiger charge is -2.18. The molecule has 2 rings (SSSR count). The fourth-order valence-electron chi connectivity index (χ4n) is 2.04. The van der Waals surface area contributed by atoms with Gasteiger partial charge in [-0.2, -0.15) is 0 Å². The Labute approximate surface area is 131 Å². The van der Waals surface area contributed by atoms with E-state index in [-0.39, 0.29) is 6.03 Å². The molecule has 0 aliphatic heterocycles. The molecule has 0 aliphatic carbocycles. The molecule has 4 heteroatoms. The van der Waals surface area contributed by atoms with E-state index in [1.807, 2.05) is 42.5 Å². The molecule has 0 saturated carbocycles. The Morgan fingerprint density at radius 2 is 1.77 bits per heavy atom. The average Bonchev–Trinajstić information content (AvgIpc) is 2.59. The Kier molecular flexibility index (Phi) is 5.83. The van der Waals surface area contributed by atoms with Crippen LogP contribution in [0.25, 0.3) is 0 Å². The van der Waals surface area contributed by atoms with Gasteiger partial charge in [-0.25, -0.2) is 4.79 Å². The van der Waals surface area contributed by atoms with Gasteiger partial charge in [0.05, 0.1) is 6.54 Å². The smallest absolute Gasteiger partial charge is 0.321 e. The second kappa shape index (κ2) is 8.08. The van der Waals surface area contributed by atoms with Gasteiger partial charge in [0, 0.05) is 12.7 Å². The first kappa shape index (κ1) is 15.9. The quantitative estimate of drug-likeness (QED) is 0.830. The van der Waals surface area contributed by atoms with Crippen molar-refractivity contribution in [1.29, 1.82) is 0 Å². The Balaban J connectivity index is 1.72. The van der Waals surface area contributed by atoms with Crippen molar-refractivity contribution in [2.45, 2.75) is 13.3 Å². The monoisotopic (exact) mass is 298 g/mol. The largest absolute Gasteiger partial charge is 0.492 e. The number of urea groups is 1. The van der Waals surface area contributed by atoms with Crippen LogP contribution in [-0.4, -0.2) is 26.2 Å². The summed E-state index contributed by atoms with van der Waals surface area (Å²) in [6.45, 7) is 3.03. The van der Waals surface area contributed by atoms with Crippen LogP contribution in [0.4, 0.5) is 10.5 Å². The van der Waals surface area contributed by atoms with Crippen molar-refractivity contribution in [2.75, 3.05) is 25.1 Å². The van der Waals surface area contributed by atoms with Gasteiger partial charge in [0.2, 0.25) is 0 Å². The van der Waals surface area contributed by atoms with Crippen LogP contribution < -0.4 is 15.0 Å². The number of carbonyl (C=O) groups is 1. The minimum Gasteiger partial charge on any atom is -0.492 e. The maximum atomic E-state index is 12.0. The molecule has 0 aromatic heterocycles. The number of nitrogens with zero attached hydrogens (tertiary/aromatic N) is 1. The zero-order valence-corrected chi connectivity index (χ0v) is 13.1. The summed E-state index contributed by atoms with van der Waals surface area (Å²) < 4.78 is 5.61. The first-order valence-electron chi connectivity index (χ1n) is 7.49. The van der Waals surface area contributed by atoms with Gasteiger partial charge in [-0.1, -0.05) is 37.3 Å². The van der Waals surface area contributed by atoms with Crippen LogP contribution in [-0.2, 0) is 6.42 Å². The maximum Gasteiger partial charge on any atom is 0.321 e. The number of benzene rings is 2. The molecule has 0 fully saturated rings. The van der Waals surface area contributed by atoms with Crippen molar-refractivity contribution in [3.8, 4) is 5.75 Å². The summed E-state index contributed by atoms with van der Waals surface area (Å²) >= 11 is 0. The third-order valence-corrected chi connectivity index (χ3v) is 3.43. The molecule has 4 nitrogen and oxygen atoms in total. The summed E-state index contributed by atoms with van der Waals surface area (Å²) in [5, 5.41) is 2.84. The van der Waals surface area contributed by atoms with Crippen molar-refractivity contribution in [1.82, 2.24) is 5.32 Å². The highest BCUT2D eigenvalue weighted by Gasteiger charge is 2.09. The lowest BCUT2D eigenvalue weighted by atomic mass is 10.2. The molecule has 0 bridgehead atoms. The van der Waals surface area contributed by atoms with Gasteiger partial charge in [-0.05, 0) is 36.2 Å². The van der Waals surface area contributed by atoms with Crippen molar-refractivity contribution >= 4 is 11.7 Å². The highest BCUT2D eigenvalue weighted by molar-refractivity contribution is 5.91. The topological polar surface area (TPSA) is 41.6 Å². The second-order valence-electron chi connectivity index (χ2n) is 4.97. The van der Waals surface area contributed by atoms with Crippen molar-refractivity contribution in [3.63, 3.8) is 0 Å². The number of rotatable bonds is 6. The van der Waals surface area contributed by atoms with Gasteiger partial charge in [0.15, 0.2) is 0 Å². The predicted molar refractivity (Wildman–Crippen MR) is 89.6 cm³/mol. The van der Waals surface area contributed by atoms with Gasteiger partial charge >= 0.3 is 6.03 Å². The SMILES string of the molecule is CCc1ccc(OCCNC(=O)N(C)c2ccccc2)cc1. The van der Waals surface area contributed by atoms with E-state index >= 15 is 0 Å². The van der Waals surface area contributed by atoms with Gasteiger partial charge in [0.1, 0.15) is 12.4 Å². The van der Waals surface area contributed by atoms with Gasteiger partial charge < -0.3 is 10.1 Å². The van der Waals surface area contributed by atoms with Crippen LogP contribution >= 0.6 is 0 Å². The number of para-hydroxylation sites is 1. The number of carbonyl (C=O) groups excluding carboxylic acids is 1. The van der Waals surface area contributed by atoms with Crippen molar-refractivity contribution in [2.24, 2.45) is 0 Å². The number of anilines is 1. The first-order chi connectivity index (χ1) is 10.7. The Morgan fingerprint density at radius 3 is 2.41 bits per heavy atom. The van der Waals surface area contributed by atoms with Crippen LogP contribution in [0.1, 0.15) is 12.5 Å². The molecule has 0 heterocycles. The van der Waals surface area contributed by atoms with Gasteiger partial charge in [0.25, 0.3) is 0 Å². The molecule has 116 valence electrons. The molecular formula is C18H22N2O2. The zero-order chi connectivity index (χ0) is 15.8. The first-order valence-corrected chi connectivity index (χ1v) is 7.49.